The second-order valence-electron chi connectivity index (χ2n) is 12.6. The molecule has 0 unspecified atom stereocenters. The molecule has 0 heterocycles. The van der Waals surface area contributed by atoms with Crippen LogP contribution in [0.15, 0.2) is 91.0 Å². The lowest BCUT2D eigenvalue weighted by Crippen LogP contribution is -2.09. The zero-order valence-corrected chi connectivity index (χ0v) is 23.7. The predicted molar refractivity (Wildman–Crippen MR) is 162 cm³/mol. The van der Waals surface area contributed by atoms with E-state index in [-0.39, 0.29) is 16.7 Å². The minimum Gasteiger partial charge on any atom is -0.298 e. The molecule has 0 aromatic heterocycles. The van der Waals surface area contributed by atoms with Gasteiger partial charge in [0.25, 0.3) is 0 Å². The number of hydrogen-bond donors (Lipinski definition) is 0. The average Bonchev–Trinajstić information content (AvgIpc) is 3.18. The van der Waals surface area contributed by atoms with Gasteiger partial charge >= 0.3 is 0 Å². The second-order valence-corrected chi connectivity index (χ2v) is 12.6. The number of hydrogen-bond acceptors (Lipinski definition) is 2. The molecule has 0 aliphatic heterocycles. The van der Waals surface area contributed by atoms with Gasteiger partial charge in [0.1, 0.15) is 0 Å². The van der Waals surface area contributed by atoms with Crippen LogP contribution < -0.4 is 0 Å². The van der Waals surface area contributed by atoms with E-state index in [1.165, 1.54) is 11.1 Å². The fourth-order valence-corrected chi connectivity index (χ4v) is 5.66. The molecule has 0 atom stereocenters. The van der Waals surface area contributed by atoms with Crippen LogP contribution in [0, 0.1) is 0 Å². The Balaban J connectivity index is 1.83. The Morgan fingerprint density at radius 3 is 1.26 bits per heavy atom. The van der Waals surface area contributed by atoms with Crippen molar-refractivity contribution in [1.29, 1.82) is 0 Å². The summed E-state index contributed by atoms with van der Waals surface area (Å²) in [5.74, 6) is -0.153. The Hall–Kier alpha value is -4.04. The molecule has 0 spiro atoms. The van der Waals surface area contributed by atoms with E-state index in [9.17, 15) is 9.59 Å². The van der Waals surface area contributed by atoms with Crippen molar-refractivity contribution in [2.24, 2.45) is 0 Å². The van der Waals surface area contributed by atoms with Crippen molar-refractivity contribution in [1.82, 2.24) is 0 Å². The van der Waals surface area contributed by atoms with Crippen molar-refractivity contribution in [3.8, 4) is 22.3 Å². The summed E-state index contributed by atoms with van der Waals surface area (Å²) in [4.78, 5) is 24.6. The van der Waals surface area contributed by atoms with E-state index in [1.807, 2.05) is 18.2 Å². The lowest BCUT2D eigenvalue weighted by atomic mass is 9.83. The van der Waals surface area contributed by atoms with Gasteiger partial charge in [-0.05, 0) is 73.0 Å². The van der Waals surface area contributed by atoms with Gasteiger partial charge < -0.3 is 0 Å². The molecule has 0 bridgehead atoms. The molecule has 0 fully saturated rings. The summed E-state index contributed by atoms with van der Waals surface area (Å²) in [6, 6.07) is 31.6. The maximum Gasteiger partial charge on any atom is 0.150 e. The molecular formula is C37H36O2. The fourth-order valence-electron chi connectivity index (χ4n) is 5.66. The quantitative estimate of drug-likeness (QED) is 0.220. The first-order chi connectivity index (χ1) is 18.5. The van der Waals surface area contributed by atoms with Crippen LogP contribution >= 0.6 is 0 Å². The zero-order chi connectivity index (χ0) is 27.9. The minimum atomic E-state index is -0.153. The summed E-state index contributed by atoms with van der Waals surface area (Å²) >= 11 is 0. The van der Waals surface area contributed by atoms with E-state index in [1.54, 1.807) is 0 Å². The highest BCUT2D eigenvalue weighted by Gasteiger charge is 2.29. The molecular weight excluding hydrogens is 476 g/mol. The topological polar surface area (TPSA) is 34.1 Å². The minimum absolute atomic E-state index is 0.0168. The van der Waals surface area contributed by atoms with Crippen molar-refractivity contribution in [3.63, 3.8) is 0 Å². The predicted octanol–water partition coefficient (Wildman–Crippen LogP) is 9.30. The molecule has 0 N–H and O–H groups in total. The first kappa shape index (κ1) is 26.6. The Morgan fingerprint density at radius 2 is 0.897 bits per heavy atom. The summed E-state index contributed by atoms with van der Waals surface area (Å²) in [6.45, 7) is 13.2. The largest absolute Gasteiger partial charge is 0.298 e. The Morgan fingerprint density at radius 1 is 0.513 bits per heavy atom. The van der Waals surface area contributed by atoms with Crippen molar-refractivity contribution >= 4 is 12.6 Å². The summed E-state index contributed by atoms with van der Waals surface area (Å²) in [5, 5.41) is 0. The third-order valence-corrected chi connectivity index (χ3v) is 7.91. The van der Waals surface area contributed by atoms with Gasteiger partial charge in [0, 0.05) is 17.0 Å². The van der Waals surface area contributed by atoms with Gasteiger partial charge in [-0.1, -0.05) is 120 Å². The lowest BCUT2D eigenvalue weighted by Gasteiger charge is -2.20. The highest BCUT2D eigenvalue weighted by atomic mass is 16.1. The number of aldehydes is 2. The van der Waals surface area contributed by atoms with Gasteiger partial charge in [0.05, 0.1) is 0 Å². The maximum absolute atomic E-state index is 12.3. The van der Waals surface area contributed by atoms with Crippen LogP contribution in [-0.2, 0) is 10.8 Å². The zero-order valence-electron chi connectivity index (χ0n) is 23.7. The Labute approximate surface area is 232 Å². The number of carbonyl (C=O) groups is 2. The van der Waals surface area contributed by atoms with Crippen LogP contribution in [0.1, 0.15) is 96.0 Å². The summed E-state index contributed by atoms with van der Waals surface area (Å²) in [5.41, 5.74) is 11.0. The van der Waals surface area contributed by atoms with Crippen LogP contribution in [0.5, 0.6) is 0 Å². The number of benzene rings is 1. The summed E-state index contributed by atoms with van der Waals surface area (Å²) < 4.78 is 0. The van der Waals surface area contributed by atoms with E-state index < -0.39 is 0 Å². The number of rotatable bonds is 5. The van der Waals surface area contributed by atoms with Crippen LogP contribution in [0.2, 0.25) is 0 Å². The molecule has 2 nitrogen and oxygen atoms in total. The van der Waals surface area contributed by atoms with E-state index in [0.29, 0.717) is 11.1 Å². The van der Waals surface area contributed by atoms with Crippen LogP contribution in [-0.4, -0.2) is 12.6 Å². The van der Waals surface area contributed by atoms with Crippen molar-refractivity contribution in [2.75, 3.05) is 0 Å². The van der Waals surface area contributed by atoms with Gasteiger partial charge in [-0.2, -0.15) is 0 Å². The summed E-state index contributed by atoms with van der Waals surface area (Å²) in [6.07, 6.45) is 1.92. The molecule has 0 saturated carbocycles. The first-order valence-electron chi connectivity index (χ1n) is 13.6. The van der Waals surface area contributed by atoms with E-state index in [2.05, 4.69) is 114 Å². The average molecular weight is 513 g/mol. The molecule has 196 valence electrons. The van der Waals surface area contributed by atoms with E-state index in [0.717, 1.165) is 51.5 Å². The van der Waals surface area contributed by atoms with Gasteiger partial charge in [-0.25, -0.2) is 0 Å². The molecule has 1 aromatic carbocycles. The van der Waals surface area contributed by atoms with Gasteiger partial charge in [-0.15, -0.1) is 0 Å². The molecule has 0 radical (unpaired) electrons. The Bertz CT molecular complexity index is 1490. The van der Waals surface area contributed by atoms with Crippen LogP contribution in [0.25, 0.3) is 22.3 Å². The Kier molecular flexibility index (Phi) is 6.76. The monoisotopic (exact) mass is 512 g/mol. The third kappa shape index (κ3) is 4.92. The van der Waals surface area contributed by atoms with Gasteiger partial charge in [-0.3, -0.25) is 9.59 Å². The SMILES string of the molecule is CC(C)(C)c1ccc2c(C=O)cc(C(c3ccccc3)c3cc(C=O)c4ccc(C(C)(C)C)ccc3-4)c-2cc1. The highest BCUT2D eigenvalue weighted by Crippen LogP contribution is 2.47. The lowest BCUT2D eigenvalue weighted by molar-refractivity contribution is 0.111. The third-order valence-electron chi connectivity index (χ3n) is 7.91. The fraction of sp³-hybridized carbons (Fsp3) is 0.243. The van der Waals surface area contributed by atoms with Crippen LogP contribution in [0.3, 0.4) is 0 Å². The van der Waals surface area contributed by atoms with Gasteiger partial charge in [0.2, 0.25) is 0 Å². The standard InChI is InChI=1S/C37H36O2/c1-36(2,3)27-12-16-29-25(22-38)20-33(31(29)18-14-27)35(24-10-8-7-9-11-24)34-21-26(23-39)30-17-13-28(37(4,5)6)15-19-32(30)34/h7-23,35H,1-6H3. The molecule has 4 aliphatic carbocycles. The smallest absolute Gasteiger partial charge is 0.150 e. The number of fused-ring (bicyclic) bond motifs is 2. The van der Waals surface area contributed by atoms with Gasteiger partial charge in [0.15, 0.2) is 12.6 Å². The number of carbonyl (C=O) groups excluding carboxylic acids is 2. The van der Waals surface area contributed by atoms with Crippen molar-refractivity contribution in [2.45, 2.75) is 58.3 Å². The maximum atomic E-state index is 12.3. The molecule has 39 heavy (non-hydrogen) atoms. The van der Waals surface area contributed by atoms with E-state index >= 15 is 0 Å². The first-order valence-corrected chi connectivity index (χ1v) is 13.6. The summed E-state index contributed by atoms with van der Waals surface area (Å²) in [7, 11) is 0. The second kappa shape index (κ2) is 9.93. The molecule has 5 rings (SSSR count). The van der Waals surface area contributed by atoms with Crippen LogP contribution in [0.4, 0.5) is 0 Å². The normalized spacial score (nSPS) is 12.3. The highest BCUT2D eigenvalue weighted by molar-refractivity contribution is 5.95. The molecule has 2 heteroatoms. The molecule has 1 aromatic rings. The molecule has 0 amide bonds. The van der Waals surface area contributed by atoms with Crippen molar-refractivity contribution in [3.05, 3.63) is 130 Å². The molecule has 4 aliphatic rings. The van der Waals surface area contributed by atoms with E-state index in [4.69, 9.17) is 0 Å². The van der Waals surface area contributed by atoms with Crippen molar-refractivity contribution < 1.29 is 9.59 Å². The molecule has 0 saturated heterocycles.